The first-order valence-electron chi connectivity index (χ1n) is 5.38. The highest BCUT2D eigenvalue weighted by Crippen LogP contribution is 2.28. The van der Waals surface area contributed by atoms with Gasteiger partial charge < -0.3 is 14.9 Å². The van der Waals surface area contributed by atoms with Gasteiger partial charge in [0.2, 0.25) is 0 Å². The molecule has 1 aromatic rings. The minimum atomic E-state index is -1.38. The third kappa shape index (κ3) is 2.73. The molecule has 1 aliphatic rings. The molecule has 0 aromatic carbocycles. The second-order valence-electron chi connectivity index (χ2n) is 3.97. The van der Waals surface area contributed by atoms with Crippen molar-refractivity contribution >= 4 is 0 Å². The van der Waals surface area contributed by atoms with Crippen LogP contribution in [0.2, 0.25) is 0 Å². The van der Waals surface area contributed by atoms with Crippen LogP contribution in [0.5, 0.6) is 0 Å². The molecule has 0 bridgehead atoms. The lowest BCUT2D eigenvalue weighted by Gasteiger charge is -2.16. The zero-order valence-corrected chi connectivity index (χ0v) is 9.59. The Bertz CT molecular complexity index is 541. The molecule has 0 radical (unpaired) electrons. The molecule has 2 heterocycles. The van der Waals surface area contributed by atoms with Crippen LogP contribution in [0.4, 0.5) is 0 Å². The summed E-state index contributed by atoms with van der Waals surface area (Å²) in [6, 6.07) is 1.09. The molecule has 0 saturated carbocycles. The van der Waals surface area contributed by atoms with Gasteiger partial charge in [-0.25, -0.2) is 4.79 Å². The number of hydrogen-bond acceptors (Lipinski definition) is 8. The topological polar surface area (TPSA) is 146 Å². The van der Waals surface area contributed by atoms with Gasteiger partial charge in [0.05, 0.1) is 6.61 Å². The van der Waals surface area contributed by atoms with Crippen molar-refractivity contribution in [2.24, 2.45) is 0 Å². The van der Waals surface area contributed by atoms with Crippen molar-refractivity contribution in [1.29, 1.82) is 0 Å². The van der Waals surface area contributed by atoms with E-state index in [-0.39, 0.29) is 6.61 Å². The van der Waals surface area contributed by atoms with Crippen LogP contribution in [0, 0.1) is 0 Å². The second kappa shape index (κ2) is 5.61. The first kappa shape index (κ1) is 13.9. The Kier molecular flexibility index (Phi) is 4.09. The Hall–Kier alpha value is -1.56. The maximum absolute atomic E-state index is 11.6. The van der Waals surface area contributed by atoms with Gasteiger partial charge >= 0.3 is 5.69 Å². The van der Waals surface area contributed by atoms with E-state index in [0.29, 0.717) is 0 Å². The fraction of sp³-hybridized carbons (Fsp3) is 0.556. The number of aromatic nitrogens is 2. The highest BCUT2D eigenvalue weighted by molar-refractivity contribution is 4.93. The van der Waals surface area contributed by atoms with Crippen molar-refractivity contribution in [3.63, 3.8) is 0 Å². The summed E-state index contributed by atoms with van der Waals surface area (Å²) in [5.41, 5.74) is 0.0575. The number of aliphatic hydroxyl groups is 2. The fourth-order valence-corrected chi connectivity index (χ4v) is 1.84. The van der Waals surface area contributed by atoms with Gasteiger partial charge in [0.25, 0.3) is 5.56 Å². The van der Waals surface area contributed by atoms with Crippen LogP contribution in [0.25, 0.3) is 0 Å². The number of H-pyrrole nitrogens is 1. The lowest BCUT2D eigenvalue weighted by atomic mass is 10.1. The number of aromatic amines is 1. The molecule has 5 N–H and O–H groups in total. The number of nitrogens with one attached hydrogen (secondary N) is 2. The summed E-state index contributed by atoms with van der Waals surface area (Å²) in [6.07, 6.45) is -3.65. The monoisotopic (exact) mass is 275 g/mol. The molecule has 0 spiro atoms. The standard InChI is InChI=1S/C9H13N3O7/c13-5-1-2-12(9(16)10-5)8-7(15)6(14)4(19-8)3-18-11-17/h1-2,4,6-8,11,14-15,17H,3H2,(H,10,13,16)/t4-,6-,7-,8-/m1/s1. The van der Waals surface area contributed by atoms with Gasteiger partial charge in [-0.2, -0.15) is 0 Å². The van der Waals surface area contributed by atoms with E-state index in [1.807, 2.05) is 4.98 Å². The minimum absolute atomic E-state index is 0.247. The Morgan fingerprint density at radius 3 is 2.79 bits per heavy atom. The molecule has 106 valence electrons. The van der Waals surface area contributed by atoms with Gasteiger partial charge in [-0.15, -0.1) is 0 Å². The third-order valence-corrected chi connectivity index (χ3v) is 2.77. The van der Waals surface area contributed by atoms with Crippen molar-refractivity contribution in [2.45, 2.75) is 24.5 Å². The van der Waals surface area contributed by atoms with E-state index in [0.717, 1.165) is 16.8 Å². The van der Waals surface area contributed by atoms with Crippen LogP contribution in [-0.4, -0.2) is 49.9 Å². The van der Waals surface area contributed by atoms with E-state index < -0.39 is 35.8 Å². The third-order valence-electron chi connectivity index (χ3n) is 2.77. The summed E-state index contributed by atoms with van der Waals surface area (Å²) in [4.78, 5) is 28.9. The lowest BCUT2D eigenvalue weighted by Crippen LogP contribution is -2.37. The average Bonchev–Trinajstić information content (AvgIpc) is 2.64. The predicted molar refractivity (Wildman–Crippen MR) is 58.1 cm³/mol. The summed E-state index contributed by atoms with van der Waals surface area (Å²) in [7, 11) is 0. The number of nitrogens with zero attached hydrogens (tertiary/aromatic N) is 1. The van der Waals surface area contributed by atoms with Crippen molar-refractivity contribution in [1.82, 2.24) is 15.2 Å². The molecule has 1 fully saturated rings. The van der Waals surface area contributed by atoms with E-state index in [9.17, 15) is 19.8 Å². The molecule has 0 aliphatic carbocycles. The molecule has 2 rings (SSSR count). The summed E-state index contributed by atoms with van der Waals surface area (Å²) in [5.74, 6) is 0. The molecule has 0 amide bonds. The molecule has 10 heteroatoms. The molecule has 1 aliphatic heterocycles. The second-order valence-corrected chi connectivity index (χ2v) is 3.97. The van der Waals surface area contributed by atoms with Crippen LogP contribution in [0.1, 0.15) is 6.23 Å². The molecule has 4 atom stereocenters. The Morgan fingerprint density at radius 2 is 2.16 bits per heavy atom. The maximum atomic E-state index is 11.6. The van der Waals surface area contributed by atoms with Gasteiger partial charge in [-0.1, -0.05) is 5.64 Å². The number of ether oxygens (including phenoxy) is 1. The molecule has 10 nitrogen and oxygen atoms in total. The molecule has 1 saturated heterocycles. The number of hydrogen-bond donors (Lipinski definition) is 5. The van der Waals surface area contributed by atoms with Crippen molar-refractivity contribution in [3.05, 3.63) is 33.1 Å². The van der Waals surface area contributed by atoms with Crippen LogP contribution in [0.15, 0.2) is 21.9 Å². The summed E-state index contributed by atoms with van der Waals surface area (Å²) in [5, 5.41) is 27.8. The maximum Gasteiger partial charge on any atom is 0.330 e. The van der Waals surface area contributed by atoms with Crippen LogP contribution in [0.3, 0.4) is 0 Å². The lowest BCUT2D eigenvalue weighted by molar-refractivity contribution is -0.164. The van der Waals surface area contributed by atoms with Gasteiger partial charge in [-0.3, -0.25) is 24.4 Å². The van der Waals surface area contributed by atoms with Crippen LogP contribution >= 0.6 is 0 Å². The van der Waals surface area contributed by atoms with E-state index in [2.05, 4.69) is 4.84 Å². The predicted octanol–water partition coefficient (Wildman–Crippen LogP) is -2.93. The summed E-state index contributed by atoms with van der Waals surface area (Å²) < 4.78 is 6.21. The van der Waals surface area contributed by atoms with Crippen LogP contribution < -0.4 is 16.9 Å². The van der Waals surface area contributed by atoms with E-state index >= 15 is 0 Å². The molecule has 0 unspecified atom stereocenters. The Morgan fingerprint density at radius 1 is 1.42 bits per heavy atom. The fourth-order valence-electron chi connectivity index (χ4n) is 1.84. The van der Waals surface area contributed by atoms with Crippen molar-refractivity contribution in [3.8, 4) is 0 Å². The average molecular weight is 275 g/mol. The van der Waals surface area contributed by atoms with E-state index in [1.54, 1.807) is 0 Å². The van der Waals surface area contributed by atoms with Gasteiger partial charge in [-0.05, 0) is 0 Å². The number of aliphatic hydroxyl groups excluding tert-OH is 2. The Labute approximate surface area is 105 Å². The highest BCUT2D eigenvalue weighted by atomic mass is 16.8. The number of rotatable bonds is 4. The zero-order chi connectivity index (χ0) is 14.0. The quantitative estimate of drug-likeness (QED) is 0.367. The molecular weight excluding hydrogens is 262 g/mol. The summed E-state index contributed by atoms with van der Waals surface area (Å²) in [6.45, 7) is -0.247. The van der Waals surface area contributed by atoms with Gasteiger partial charge in [0.1, 0.15) is 18.3 Å². The van der Waals surface area contributed by atoms with Gasteiger partial charge in [0, 0.05) is 12.3 Å². The largest absolute Gasteiger partial charge is 0.387 e. The smallest absolute Gasteiger partial charge is 0.330 e. The molecule has 1 aromatic heterocycles. The normalized spacial score (nSPS) is 30.7. The molecule has 19 heavy (non-hydrogen) atoms. The SMILES string of the molecule is O=c1ccn([C@@H]2O[C@H](CONO)[C@@H](O)[C@H]2O)c(=O)[nH]1. The first-order valence-corrected chi connectivity index (χ1v) is 5.38. The highest BCUT2D eigenvalue weighted by Gasteiger charge is 2.44. The zero-order valence-electron chi connectivity index (χ0n) is 9.59. The van der Waals surface area contributed by atoms with Crippen molar-refractivity contribution in [2.75, 3.05) is 6.61 Å². The van der Waals surface area contributed by atoms with E-state index in [1.165, 1.54) is 5.64 Å². The van der Waals surface area contributed by atoms with E-state index in [4.69, 9.17) is 9.94 Å². The Balaban J connectivity index is 2.21. The molecular formula is C9H13N3O7. The van der Waals surface area contributed by atoms with Crippen molar-refractivity contribution < 1.29 is 25.0 Å². The summed E-state index contributed by atoms with van der Waals surface area (Å²) >= 11 is 0. The first-order chi connectivity index (χ1) is 9.04. The van der Waals surface area contributed by atoms with Gasteiger partial charge in [0.15, 0.2) is 6.23 Å². The van der Waals surface area contributed by atoms with Crippen LogP contribution in [-0.2, 0) is 9.57 Å². The minimum Gasteiger partial charge on any atom is -0.387 e.